The Kier molecular flexibility index (Phi) is 5.47. The highest BCUT2D eigenvalue weighted by atomic mass is 16.2. The Bertz CT molecular complexity index is 206. The van der Waals surface area contributed by atoms with Crippen molar-refractivity contribution >= 4 is 12.2 Å². The van der Waals surface area contributed by atoms with Gasteiger partial charge in [-0.1, -0.05) is 12.2 Å². The molecular weight excluding hydrogens is 168 g/mol. The summed E-state index contributed by atoms with van der Waals surface area (Å²) in [5.41, 5.74) is 0. The molecule has 0 aromatic rings. The Morgan fingerprint density at radius 2 is 2.00 bits per heavy atom. The first-order valence-electron chi connectivity index (χ1n) is 3.87. The third kappa shape index (κ3) is 3.66. The van der Waals surface area contributed by atoms with Crippen molar-refractivity contribution < 1.29 is 9.59 Å². The van der Waals surface area contributed by atoms with Gasteiger partial charge in [-0.3, -0.25) is 4.79 Å². The SMILES string of the molecule is C=CC(C=O)NC(=O)C(C=C)NC. The van der Waals surface area contributed by atoms with Crippen LogP contribution in [-0.2, 0) is 9.59 Å². The standard InChI is InChI=1S/C9H14N2O2/c1-4-7(6-12)11-9(13)8(5-2)10-3/h4-8,10H,1-2H2,3H3,(H,11,13). The van der Waals surface area contributed by atoms with Crippen molar-refractivity contribution in [3.05, 3.63) is 25.3 Å². The number of amides is 1. The van der Waals surface area contributed by atoms with Crippen molar-refractivity contribution in [2.75, 3.05) is 7.05 Å². The normalized spacial score (nSPS) is 13.9. The van der Waals surface area contributed by atoms with Gasteiger partial charge in [-0.2, -0.15) is 0 Å². The van der Waals surface area contributed by atoms with Crippen LogP contribution in [-0.4, -0.2) is 31.3 Å². The Labute approximate surface area is 77.7 Å². The third-order valence-electron chi connectivity index (χ3n) is 1.54. The summed E-state index contributed by atoms with van der Waals surface area (Å²) in [6.07, 6.45) is 3.43. The largest absolute Gasteiger partial charge is 0.341 e. The van der Waals surface area contributed by atoms with Crippen LogP contribution in [0.2, 0.25) is 0 Å². The molecular formula is C9H14N2O2. The van der Waals surface area contributed by atoms with Gasteiger partial charge < -0.3 is 15.4 Å². The van der Waals surface area contributed by atoms with E-state index in [9.17, 15) is 9.59 Å². The van der Waals surface area contributed by atoms with Crippen molar-refractivity contribution in [2.45, 2.75) is 12.1 Å². The summed E-state index contributed by atoms with van der Waals surface area (Å²) < 4.78 is 0. The minimum atomic E-state index is -0.636. The molecule has 0 bridgehead atoms. The van der Waals surface area contributed by atoms with E-state index in [1.54, 1.807) is 7.05 Å². The number of carbonyl (C=O) groups is 2. The molecule has 72 valence electrons. The van der Waals surface area contributed by atoms with Crippen LogP contribution in [0.1, 0.15) is 0 Å². The van der Waals surface area contributed by atoms with E-state index in [2.05, 4.69) is 23.8 Å². The molecule has 0 radical (unpaired) electrons. The molecule has 2 N–H and O–H groups in total. The topological polar surface area (TPSA) is 58.2 Å². The van der Waals surface area contributed by atoms with Crippen molar-refractivity contribution in [3.63, 3.8) is 0 Å². The van der Waals surface area contributed by atoms with Gasteiger partial charge in [0, 0.05) is 0 Å². The summed E-state index contributed by atoms with van der Waals surface area (Å²) in [6, 6.07) is -1.12. The van der Waals surface area contributed by atoms with Crippen LogP contribution in [0.3, 0.4) is 0 Å². The first-order chi connectivity index (χ1) is 6.19. The van der Waals surface area contributed by atoms with Gasteiger partial charge in [0.15, 0.2) is 0 Å². The average molecular weight is 182 g/mol. The van der Waals surface area contributed by atoms with Gasteiger partial charge in [0.2, 0.25) is 5.91 Å². The average Bonchev–Trinajstić information content (AvgIpc) is 2.16. The zero-order valence-electron chi connectivity index (χ0n) is 7.62. The van der Waals surface area contributed by atoms with E-state index in [0.29, 0.717) is 6.29 Å². The van der Waals surface area contributed by atoms with Crippen molar-refractivity contribution in [3.8, 4) is 0 Å². The second-order valence-electron chi connectivity index (χ2n) is 2.41. The van der Waals surface area contributed by atoms with Gasteiger partial charge in [-0.05, 0) is 7.05 Å². The lowest BCUT2D eigenvalue weighted by Crippen LogP contribution is -2.45. The molecule has 4 heteroatoms. The number of hydrogen-bond donors (Lipinski definition) is 2. The summed E-state index contributed by atoms with van der Waals surface area (Å²) in [4.78, 5) is 21.6. The highest BCUT2D eigenvalue weighted by molar-refractivity contribution is 5.86. The van der Waals surface area contributed by atoms with Crippen LogP contribution in [0, 0.1) is 0 Å². The zero-order chi connectivity index (χ0) is 10.3. The zero-order valence-corrected chi connectivity index (χ0v) is 7.62. The molecule has 0 spiro atoms. The number of hydrogen-bond acceptors (Lipinski definition) is 3. The van der Waals surface area contributed by atoms with Crippen molar-refractivity contribution in [1.29, 1.82) is 0 Å². The van der Waals surface area contributed by atoms with E-state index < -0.39 is 12.1 Å². The van der Waals surface area contributed by atoms with Gasteiger partial charge in [-0.25, -0.2) is 0 Å². The molecule has 2 unspecified atom stereocenters. The van der Waals surface area contributed by atoms with Gasteiger partial charge in [-0.15, -0.1) is 13.2 Å². The summed E-state index contributed by atoms with van der Waals surface area (Å²) >= 11 is 0. The summed E-state index contributed by atoms with van der Waals surface area (Å²) in [7, 11) is 1.63. The smallest absolute Gasteiger partial charge is 0.241 e. The second kappa shape index (κ2) is 6.14. The predicted molar refractivity (Wildman–Crippen MR) is 51.2 cm³/mol. The molecule has 0 aliphatic heterocycles. The van der Waals surface area contributed by atoms with E-state index in [-0.39, 0.29) is 5.91 Å². The van der Waals surface area contributed by atoms with Crippen LogP contribution < -0.4 is 10.6 Å². The Hall–Kier alpha value is -1.42. The molecule has 4 nitrogen and oxygen atoms in total. The number of rotatable bonds is 6. The molecule has 0 aliphatic rings. The maximum atomic E-state index is 11.3. The van der Waals surface area contributed by atoms with Gasteiger partial charge >= 0.3 is 0 Å². The molecule has 0 heterocycles. The fourth-order valence-electron chi connectivity index (χ4n) is 0.759. The minimum absolute atomic E-state index is 0.297. The summed E-state index contributed by atoms with van der Waals surface area (Å²) in [6.45, 7) is 6.88. The van der Waals surface area contributed by atoms with Gasteiger partial charge in [0.05, 0.1) is 0 Å². The Morgan fingerprint density at radius 1 is 1.38 bits per heavy atom. The fourth-order valence-corrected chi connectivity index (χ4v) is 0.759. The van der Waals surface area contributed by atoms with Crippen LogP contribution in [0.4, 0.5) is 0 Å². The third-order valence-corrected chi connectivity index (χ3v) is 1.54. The van der Waals surface area contributed by atoms with E-state index in [4.69, 9.17) is 0 Å². The molecule has 2 atom stereocenters. The number of nitrogens with one attached hydrogen (secondary N) is 2. The highest BCUT2D eigenvalue weighted by Crippen LogP contribution is 1.86. The monoisotopic (exact) mass is 182 g/mol. The van der Waals surface area contributed by atoms with E-state index in [1.165, 1.54) is 12.2 Å². The minimum Gasteiger partial charge on any atom is -0.341 e. The lowest BCUT2D eigenvalue weighted by Gasteiger charge is -2.13. The molecule has 0 aliphatic carbocycles. The van der Waals surface area contributed by atoms with Gasteiger partial charge in [0.25, 0.3) is 0 Å². The molecule has 0 aromatic carbocycles. The molecule has 0 rings (SSSR count). The lowest BCUT2D eigenvalue weighted by atomic mass is 10.2. The molecule has 1 amide bonds. The summed E-state index contributed by atoms with van der Waals surface area (Å²) in [5, 5.41) is 5.18. The first-order valence-corrected chi connectivity index (χ1v) is 3.87. The number of carbonyl (C=O) groups excluding carboxylic acids is 2. The fraction of sp³-hybridized carbons (Fsp3) is 0.333. The maximum Gasteiger partial charge on any atom is 0.241 e. The summed E-state index contributed by atoms with van der Waals surface area (Å²) in [5.74, 6) is -0.297. The van der Waals surface area contributed by atoms with Crippen molar-refractivity contribution in [2.24, 2.45) is 0 Å². The van der Waals surface area contributed by atoms with E-state index in [0.717, 1.165) is 0 Å². The number of likely N-dealkylation sites (N-methyl/N-ethyl adjacent to an activating group) is 1. The predicted octanol–water partition coefficient (Wildman–Crippen LogP) is -0.370. The van der Waals surface area contributed by atoms with Crippen LogP contribution in [0.15, 0.2) is 25.3 Å². The van der Waals surface area contributed by atoms with E-state index in [1.807, 2.05) is 0 Å². The Balaban J connectivity index is 4.18. The van der Waals surface area contributed by atoms with Crippen LogP contribution in [0.25, 0.3) is 0 Å². The maximum absolute atomic E-state index is 11.3. The quantitative estimate of drug-likeness (QED) is 0.435. The van der Waals surface area contributed by atoms with Crippen molar-refractivity contribution in [1.82, 2.24) is 10.6 Å². The molecule has 0 aromatic heterocycles. The van der Waals surface area contributed by atoms with E-state index >= 15 is 0 Å². The molecule has 13 heavy (non-hydrogen) atoms. The molecule has 0 saturated carbocycles. The van der Waals surface area contributed by atoms with Crippen LogP contribution in [0.5, 0.6) is 0 Å². The lowest BCUT2D eigenvalue weighted by molar-refractivity contribution is -0.124. The first kappa shape index (κ1) is 11.6. The second-order valence-corrected chi connectivity index (χ2v) is 2.41. The molecule has 0 fully saturated rings. The van der Waals surface area contributed by atoms with Gasteiger partial charge in [0.1, 0.15) is 18.4 Å². The number of aldehydes is 1. The molecule has 0 saturated heterocycles. The Morgan fingerprint density at radius 3 is 2.31 bits per heavy atom. The van der Waals surface area contributed by atoms with Crippen LogP contribution >= 0.6 is 0 Å². The highest BCUT2D eigenvalue weighted by Gasteiger charge is 2.14.